The summed E-state index contributed by atoms with van der Waals surface area (Å²) in [4.78, 5) is 0. The Morgan fingerprint density at radius 3 is 1.22 bits per heavy atom. The second kappa shape index (κ2) is 2.72. The first kappa shape index (κ1) is 9.00. The molecule has 0 aliphatic heterocycles. The third kappa shape index (κ3) is 2.00. The molecule has 0 atom stereocenters. The molecule has 0 bridgehead atoms. The van der Waals surface area contributed by atoms with E-state index in [4.69, 9.17) is 0 Å². The standard InChI is InChI=1S/C9H19/c1-7(2)9(5,6)8(3)4/h7-8H,5H2,1-4,6H3. The Balaban J connectivity index is 4.01. The SMILES string of the molecule is [CH2]C(C)(C(C)C)C(C)C. The van der Waals surface area contributed by atoms with Crippen molar-refractivity contribution in [2.24, 2.45) is 17.3 Å². The van der Waals surface area contributed by atoms with Crippen molar-refractivity contribution < 1.29 is 0 Å². The van der Waals surface area contributed by atoms with E-state index in [1.807, 2.05) is 0 Å². The molecular weight excluding hydrogens is 108 g/mol. The van der Waals surface area contributed by atoms with E-state index in [9.17, 15) is 0 Å². The molecule has 0 aliphatic rings. The number of hydrogen-bond acceptors (Lipinski definition) is 0. The van der Waals surface area contributed by atoms with Crippen molar-refractivity contribution in [1.82, 2.24) is 0 Å². The normalized spacial score (nSPS) is 13.3. The van der Waals surface area contributed by atoms with Crippen LogP contribution in [0, 0.1) is 24.2 Å². The number of rotatable bonds is 2. The van der Waals surface area contributed by atoms with Crippen LogP contribution in [-0.2, 0) is 0 Å². The zero-order valence-corrected chi connectivity index (χ0v) is 7.36. The van der Waals surface area contributed by atoms with E-state index in [1.165, 1.54) is 0 Å². The van der Waals surface area contributed by atoms with Gasteiger partial charge >= 0.3 is 0 Å². The van der Waals surface area contributed by atoms with Crippen molar-refractivity contribution in [1.29, 1.82) is 0 Å². The van der Waals surface area contributed by atoms with Gasteiger partial charge in [0.2, 0.25) is 0 Å². The zero-order valence-electron chi connectivity index (χ0n) is 7.36. The van der Waals surface area contributed by atoms with Gasteiger partial charge in [0, 0.05) is 0 Å². The minimum Gasteiger partial charge on any atom is -0.0622 e. The lowest BCUT2D eigenvalue weighted by Crippen LogP contribution is -2.25. The second-order valence-corrected chi connectivity index (χ2v) is 3.82. The highest BCUT2D eigenvalue weighted by molar-refractivity contribution is 4.82. The van der Waals surface area contributed by atoms with Gasteiger partial charge in [-0.3, -0.25) is 0 Å². The average Bonchev–Trinajstić information content (AvgIpc) is 1.65. The molecule has 0 aromatic rings. The summed E-state index contributed by atoms with van der Waals surface area (Å²) >= 11 is 0. The molecule has 0 amide bonds. The van der Waals surface area contributed by atoms with E-state index in [-0.39, 0.29) is 5.41 Å². The second-order valence-electron chi connectivity index (χ2n) is 3.82. The van der Waals surface area contributed by atoms with E-state index in [1.54, 1.807) is 0 Å². The van der Waals surface area contributed by atoms with Gasteiger partial charge in [-0.25, -0.2) is 0 Å². The Hall–Kier alpha value is 0. The molecule has 0 spiro atoms. The first-order valence-electron chi connectivity index (χ1n) is 3.74. The van der Waals surface area contributed by atoms with Gasteiger partial charge in [0.1, 0.15) is 0 Å². The summed E-state index contributed by atoms with van der Waals surface area (Å²) in [5, 5.41) is 0. The highest BCUT2D eigenvalue weighted by Crippen LogP contribution is 2.33. The van der Waals surface area contributed by atoms with Crippen molar-refractivity contribution in [3.63, 3.8) is 0 Å². The molecule has 0 fully saturated rings. The fourth-order valence-corrected chi connectivity index (χ4v) is 0.667. The summed E-state index contributed by atoms with van der Waals surface area (Å²) in [5.41, 5.74) is 0.250. The third-order valence-corrected chi connectivity index (χ3v) is 2.64. The van der Waals surface area contributed by atoms with Crippen LogP contribution in [0.4, 0.5) is 0 Å². The molecule has 0 N–H and O–H groups in total. The summed E-state index contributed by atoms with van der Waals surface area (Å²) in [7, 11) is 0. The molecule has 0 saturated heterocycles. The van der Waals surface area contributed by atoms with Gasteiger partial charge in [0.05, 0.1) is 0 Å². The number of hydrogen-bond donors (Lipinski definition) is 0. The van der Waals surface area contributed by atoms with Crippen molar-refractivity contribution >= 4 is 0 Å². The monoisotopic (exact) mass is 127 g/mol. The highest BCUT2D eigenvalue weighted by Gasteiger charge is 2.25. The smallest absolute Gasteiger partial charge is 0.0280 e. The summed E-state index contributed by atoms with van der Waals surface area (Å²) in [5.74, 6) is 1.36. The molecule has 1 radical (unpaired) electrons. The van der Waals surface area contributed by atoms with E-state index in [0.29, 0.717) is 11.8 Å². The summed E-state index contributed by atoms with van der Waals surface area (Å²) in [6, 6.07) is 0. The molecule has 0 aromatic heterocycles. The van der Waals surface area contributed by atoms with Crippen LogP contribution in [0.1, 0.15) is 34.6 Å². The molecule has 55 valence electrons. The molecule has 0 aliphatic carbocycles. The van der Waals surface area contributed by atoms with Crippen molar-refractivity contribution in [3.8, 4) is 0 Å². The fourth-order valence-electron chi connectivity index (χ4n) is 0.667. The Morgan fingerprint density at radius 2 is 1.22 bits per heavy atom. The van der Waals surface area contributed by atoms with Gasteiger partial charge in [-0.2, -0.15) is 0 Å². The predicted octanol–water partition coefficient (Wildman–Crippen LogP) is 3.14. The maximum Gasteiger partial charge on any atom is -0.0280 e. The van der Waals surface area contributed by atoms with Crippen LogP contribution in [-0.4, -0.2) is 0 Å². The van der Waals surface area contributed by atoms with E-state index in [2.05, 4.69) is 41.5 Å². The molecule has 0 heterocycles. The Bertz CT molecular complexity index is 68.0. The maximum atomic E-state index is 4.17. The Kier molecular flexibility index (Phi) is 2.72. The van der Waals surface area contributed by atoms with Gasteiger partial charge < -0.3 is 0 Å². The summed E-state index contributed by atoms with van der Waals surface area (Å²) < 4.78 is 0. The lowest BCUT2D eigenvalue weighted by atomic mass is 9.72. The molecule has 0 heteroatoms. The molecule has 0 nitrogen and oxygen atoms in total. The van der Waals surface area contributed by atoms with E-state index in [0.717, 1.165) is 0 Å². The molecule has 0 aromatic carbocycles. The molecule has 0 saturated carbocycles. The molecule has 0 unspecified atom stereocenters. The quantitative estimate of drug-likeness (QED) is 0.534. The summed E-state index contributed by atoms with van der Waals surface area (Å²) in [6.07, 6.45) is 0. The van der Waals surface area contributed by atoms with E-state index < -0.39 is 0 Å². The maximum absolute atomic E-state index is 4.17. The van der Waals surface area contributed by atoms with Crippen molar-refractivity contribution in [3.05, 3.63) is 6.92 Å². The minimum absolute atomic E-state index is 0.250. The van der Waals surface area contributed by atoms with Gasteiger partial charge in [0.25, 0.3) is 0 Å². The minimum atomic E-state index is 0.250. The van der Waals surface area contributed by atoms with Crippen molar-refractivity contribution in [2.75, 3.05) is 0 Å². The van der Waals surface area contributed by atoms with Crippen LogP contribution in [0.25, 0.3) is 0 Å². The Labute approximate surface area is 59.7 Å². The molecule has 9 heavy (non-hydrogen) atoms. The van der Waals surface area contributed by atoms with Gasteiger partial charge in [-0.15, -0.1) is 0 Å². The molecule has 0 rings (SSSR count). The topological polar surface area (TPSA) is 0 Å². The van der Waals surface area contributed by atoms with Gasteiger partial charge in [-0.05, 0) is 24.2 Å². The van der Waals surface area contributed by atoms with Crippen LogP contribution in [0.5, 0.6) is 0 Å². The first-order valence-corrected chi connectivity index (χ1v) is 3.74. The first-order chi connectivity index (χ1) is 3.89. The lowest BCUT2D eigenvalue weighted by molar-refractivity contribution is 0.203. The average molecular weight is 127 g/mol. The van der Waals surface area contributed by atoms with Gasteiger partial charge in [-0.1, -0.05) is 34.6 Å². The van der Waals surface area contributed by atoms with Gasteiger partial charge in [0.15, 0.2) is 0 Å². The van der Waals surface area contributed by atoms with Crippen LogP contribution in [0.2, 0.25) is 0 Å². The van der Waals surface area contributed by atoms with Crippen LogP contribution < -0.4 is 0 Å². The van der Waals surface area contributed by atoms with Crippen LogP contribution in [0.15, 0.2) is 0 Å². The zero-order chi connectivity index (χ0) is 7.65. The largest absolute Gasteiger partial charge is 0.0622 e. The van der Waals surface area contributed by atoms with E-state index >= 15 is 0 Å². The fraction of sp³-hybridized carbons (Fsp3) is 0.889. The van der Waals surface area contributed by atoms with Crippen molar-refractivity contribution in [2.45, 2.75) is 34.6 Å². The lowest BCUT2D eigenvalue weighted by Gasteiger charge is -2.33. The third-order valence-electron chi connectivity index (χ3n) is 2.64. The summed E-state index contributed by atoms with van der Waals surface area (Å²) in [6.45, 7) is 15.3. The molecular formula is C9H19. The van der Waals surface area contributed by atoms with Crippen LogP contribution >= 0.6 is 0 Å². The van der Waals surface area contributed by atoms with Crippen LogP contribution in [0.3, 0.4) is 0 Å². The Morgan fingerprint density at radius 1 is 1.00 bits per heavy atom. The highest BCUT2D eigenvalue weighted by atomic mass is 14.3. The predicted molar refractivity (Wildman–Crippen MR) is 43.1 cm³/mol.